The SMILES string of the molecule is CC(C)c1ccc(C(CCO)NC(=O)c2ccc(-n3cnnc3)nc2)cc1. The first-order chi connectivity index (χ1) is 13.1. The lowest BCUT2D eigenvalue weighted by Crippen LogP contribution is -2.29. The van der Waals surface area contributed by atoms with Crippen molar-refractivity contribution in [2.75, 3.05) is 6.61 Å². The number of nitrogens with one attached hydrogen (secondary N) is 1. The van der Waals surface area contributed by atoms with E-state index in [1.165, 1.54) is 11.8 Å². The average Bonchev–Trinajstić information content (AvgIpc) is 3.22. The molecule has 0 aliphatic heterocycles. The van der Waals surface area contributed by atoms with Gasteiger partial charge in [-0.1, -0.05) is 38.1 Å². The van der Waals surface area contributed by atoms with Gasteiger partial charge in [-0.3, -0.25) is 9.36 Å². The smallest absolute Gasteiger partial charge is 0.253 e. The molecule has 27 heavy (non-hydrogen) atoms. The predicted octanol–water partition coefficient (Wildman–Crippen LogP) is 2.64. The van der Waals surface area contributed by atoms with Crippen molar-refractivity contribution < 1.29 is 9.90 Å². The fraction of sp³-hybridized carbons (Fsp3) is 0.300. The number of hydrogen-bond acceptors (Lipinski definition) is 5. The van der Waals surface area contributed by atoms with E-state index in [2.05, 4.69) is 46.5 Å². The summed E-state index contributed by atoms with van der Waals surface area (Å²) in [5.74, 6) is 0.845. The summed E-state index contributed by atoms with van der Waals surface area (Å²) in [5.41, 5.74) is 2.66. The summed E-state index contributed by atoms with van der Waals surface area (Å²) in [6.45, 7) is 4.26. The first-order valence-electron chi connectivity index (χ1n) is 8.91. The van der Waals surface area contributed by atoms with Gasteiger partial charge in [-0.25, -0.2) is 4.98 Å². The van der Waals surface area contributed by atoms with E-state index >= 15 is 0 Å². The maximum atomic E-state index is 12.6. The maximum absolute atomic E-state index is 12.6. The van der Waals surface area contributed by atoms with Gasteiger partial charge in [-0.15, -0.1) is 10.2 Å². The topological polar surface area (TPSA) is 92.9 Å². The summed E-state index contributed by atoms with van der Waals surface area (Å²) in [6.07, 6.45) is 5.04. The number of pyridine rings is 1. The molecule has 7 heteroatoms. The molecule has 0 fully saturated rings. The van der Waals surface area contributed by atoms with Crippen molar-refractivity contribution in [1.29, 1.82) is 0 Å². The van der Waals surface area contributed by atoms with Crippen LogP contribution in [0.1, 0.15) is 53.7 Å². The second kappa shape index (κ2) is 8.55. The van der Waals surface area contributed by atoms with Gasteiger partial charge >= 0.3 is 0 Å². The minimum atomic E-state index is -0.263. The van der Waals surface area contributed by atoms with Gasteiger partial charge in [-0.2, -0.15) is 0 Å². The van der Waals surface area contributed by atoms with Crippen LogP contribution in [0.15, 0.2) is 55.2 Å². The Balaban J connectivity index is 1.73. The van der Waals surface area contributed by atoms with E-state index in [9.17, 15) is 9.90 Å². The summed E-state index contributed by atoms with van der Waals surface area (Å²) in [4.78, 5) is 16.9. The second-order valence-corrected chi connectivity index (χ2v) is 6.63. The van der Waals surface area contributed by atoms with Gasteiger partial charge in [-0.05, 0) is 35.6 Å². The molecule has 0 aliphatic rings. The first kappa shape index (κ1) is 18.7. The van der Waals surface area contributed by atoms with Crippen molar-refractivity contribution in [2.24, 2.45) is 0 Å². The average molecular weight is 365 g/mol. The van der Waals surface area contributed by atoms with Gasteiger partial charge in [0.2, 0.25) is 0 Å². The molecule has 0 saturated carbocycles. The Hall–Kier alpha value is -3.06. The molecule has 1 amide bonds. The third-order valence-corrected chi connectivity index (χ3v) is 4.42. The number of rotatable bonds is 7. The van der Waals surface area contributed by atoms with Crippen molar-refractivity contribution in [1.82, 2.24) is 25.1 Å². The van der Waals surface area contributed by atoms with Crippen LogP contribution < -0.4 is 5.32 Å². The van der Waals surface area contributed by atoms with Crippen LogP contribution in [0, 0.1) is 0 Å². The van der Waals surface area contributed by atoms with E-state index in [0.29, 0.717) is 23.7 Å². The molecule has 3 aromatic rings. The standard InChI is InChI=1S/C20H23N5O2/c1-14(2)15-3-5-16(6-4-15)18(9-10-26)24-20(27)17-7-8-19(21-11-17)25-12-22-23-13-25/h3-8,11-14,18,26H,9-10H2,1-2H3,(H,24,27). The molecule has 140 valence electrons. The number of benzene rings is 1. The highest BCUT2D eigenvalue weighted by molar-refractivity contribution is 5.94. The third-order valence-electron chi connectivity index (χ3n) is 4.42. The number of carbonyl (C=O) groups excluding carboxylic acids is 1. The molecular weight excluding hydrogens is 342 g/mol. The molecule has 0 spiro atoms. The lowest BCUT2D eigenvalue weighted by Gasteiger charge is -2.19. The van der Waals surface area contributed by atoms with E-state index in [1.54, 1.807) is 29.4 Å². The quantitative estimate of drug-likeness (QED) is 0.671. The van der Waals surface area contributed by atoms with E-state index in [-0.39, 0.29) is 18.6 Å². The third kappa shape index (κ3) is 4.57. The molecule has 0 radical (unpaired) electrons. The molecule has 0 aliphatic carbocycles. The molecule has 3 rings (SSSR count). The first-order valence-corrected chi connectivity index (χ1v) is 8.91. The number of aliphatic hydroxyl groups is 1. The Morgan fingerprint density at radius 1 is 1.07 bits per heavy atom. The van der Waals surface area contributed by atoms with Gasteiger partial charge in [0, 0.05) is 12.8 Å². The van der Waals surface area contributed by atoms with Crippen LogP contribution in [0.4, 0.5) is 0 Å². The van der Waals surface area contributed by atoms with Crippen LogP contribution in [0.2, 0.25) is 0 Å². The summed E-state index contributed by atoms with van der Waals surface area (Å²) in [7, 11) is 0. The van der Waals surface area contributed by atoms with Crippen molar-refractivity contribution in [3.8, 4) is 5.82 Å². The van der Waals surface area contributed by atoms with E-state index in [4.69, 9.17) is 0 Å². The minimum Gasteiger partial charge on any atom is -0.396 e. The minimum absolute atomic E-state index is 0.0122. The molecule has 1 atom stereocenters. The number of aromatic nitrogens is 4. The number of amides is 1. The van der Waals surface area contributed by atoms with Gasteiger partial charge in [0.25, 0.3) is 5.91 Å². The van der Waals surface area contributed by atoms with Gasteiger partial charge in [0.15, 0.2) is 0 Å². The molecule has 2 heterocycles. The van der Waals surface area contributed by atoms with E-state index in [0.717, 1.165) is 5.56 Å². The molecular formula is C20H23N5O2. The van der Waals surface area contributed by atoms with Crippen LogP contribution >= 0.6 is 0 Å². The van der Waals surface area contributed by atoms with Crippen LogP contribution in [0.3, 0.4) is 0 Å². The highest BCUT2D eigenvalue weighted by Crippen LogP contribution is 2.21. The maximum Gasteiger partial charge on any atom is 0.253 e. The Morgan fingerprint density at radius 3 is 2.30 bits per heavy atom. The highest BCUT2D eigenvalue weighted by Gasteiger charge is 2.16. The molecule has 0 saturated heterocycles. The van der Waals surface area contributed by atoms with Crippen LogP contribution in [-0.2, 0) is 0 Å². The fourth-order valence-electron chi connectivity index (χ4n) is 2.80. The molecule has 1 unspecified atom stereocenters. The van der Waals surface area contributed by atoms with Gasteiger partial charge in [0.05, 0.1) is 11.6 Å². The zero-order valence-electron chi connectivity index (χ0n) is 15.4. The Morgan fingerprint density at radius 2 is 1.74 bits per heavy atom. The lowest BCUT2D eigenvalue weighted by atomic mass is 9.97. The molecule has 7 nitrogen and oxygen atoms in total. The van der Waals surface area contributed by atoms with Crippen molar-refractivity contribution in [2.45, 2.75) is 32.2 Å². The molecule has 2 N–H and O–H groups in total. The van der Waals surface area contributed by atoms with E-state index in [1.807, 2.05) is 12.1 Å². The van der Waals surface area contributed by atoms with Gasteiger partial charge < -0.3 is 10.4 Å². The Kier molecular flexibility index (Phi) is 5.93. The second-order valence-electron chi connectivity index (χ2n) is 6.63. The number of hydrogen-bond donors (Lipinski definition) is 2. The van der Waals surface area contributed by atoms with Crippen molar-refractivity contribution in [3.05, 3.63) is 71.9 Å². The Bertz CT molecular complexity index is 858. The van der Waals surface area contributed by atoms with Crippen LogP contribution in [0.25, 0.3) is 5.82 Å². The molecule has 2 aromatic heterocycles. The Labute approximate surface area is 158 Å². The summed E-state index contributed by atoms with van der Waals surface area (Å²) in [5, 5.41) is 19.8. The van der Waals surface area contributed by atoms with Crippen molar-refractivity contribution >= 4 is 5.91 Å². The summed E-state index contributed by atoms with van der Waals surface area (Å²) in [6, 6.07) is 11.3. The normalized spacial score (nSPS) is 12.1. The zero-order valence-corrected chi connectivity index (χ0v) is 15.4. The predicted molar refractivity (Wildman–Crippen MR) is 102 cm³/mol. The highest BCUT2D eigenvalue weighted by atomic mass is 16.3. The number of carbonyl (C=O) groups is 1. The largest absolute Gasteiger partial charge is 0.396 e. The monoisotopic (exact) mass is 365 g/mol. The lowest BCUT2D eigenvalue weighted by molar-refractivity contribution is 0.0929. The van der Waals surface area contributed by atoms with E-state index < -0.39 is 0 Å². The summed E-state index contributed by atoms with van der Waals surface area (Å²) < 4.78 is 1.66. The zero-order chi connectivity index (χ0) is 19.2. The fourth-order valence-corrected chi connectivity index (χ4v) is 2.80. The van der Waals surface area contributed by atoms with Crippen molar-refractivity contribution in [3.63, 3.8) is 0 Å². The van der Waals surface area contributed by atoms with Crippen LogP contribution in [-0.4, -0.2) is 37.4 Å². The van der Waals surface area contributed by atoms with Gasteiger partial charge in [0.1, 0.15) is 18.5 Å². The number of nitrogens with zero attached hydrogens (tertiary/aromatic N) is 4. The molecule has 1 aromatic carbocycles. The number of aliphatic hydroxyl groups excluding tert-OH is 1. The summed E-state index contributed by atoms with van der Waals surface area (Å²) >= 11 is 0. The molecule has 0 bridgehead atoms. The van der Waals surface area contributed by atoms with Crippen LogP contribution in [0.5, 0.6) is 0 Å².